The van der Waals surface area contributed by atoms with E-state index in [9.17, 15) is 4.79 Å². The van der Waals surface area contributed by atoms with Crippen LogP contribution in [0.25, 0.3) is 11.1 Å². The molecule has 0 aromatic heterocycles. The Hall–Kier alpha value is -2.29. The van der Waals surface area contributed by atoms with E-state index in [4.69, 9.17) is 4.74 Å². The lowest BCUT2D eigenvalue weighted by atomic mass is 10.00. The number of carbonyl (C=O) groups is 1. The highest BCUT2D eigenvalue weighted by Crippen LogP contribution is 2.33. The summed E-state index contributed by atoms with van der Waals surface area (Å²) in [4.78, 5) is 11.2. The Morgan fingerprint density at radius 3 is 2.47 bits per heavy atom. The van der Waals surface area contributed by atoms with Crippen molar-refractivity contribution in [3.8, 4) is 16.9 Å². The van der Waals surface area contributed by atoms with Crippen molar-refractivity contribution >= 4 is 11.6 Å². The number of anilines is 1. The zero-order valence-electron chi connectivity index (χ0n) is 11.0. The molecular weight excluding hydrogens is 238 g/mol. The Balaban J connectivity index is 2.04. The SMILES string of the molecule is Cc1cc(C)cc(-c2ccc3c(c2)OCC(=O)N3)c1. The number of amides is 1. The van der Waals surface area contributed by atoms with Crippen molar-refractivity contribution < 1.29 is 9.53 Å². The summed E-state index contributed by atoms with van der Waals surface area (Å²) < 4.78 is 5.45. The molecule has 1 amide bonds. The van der Waals surface area contributed by atoms with Gasteiger partial charge in [0, 0.05) is 0 Å². The Morgan fingerprint density at radius 2 is 1.74 bits per heavy atom. The average molecular weight is 253 g/mol. The number of nitrogens with one attached hydrogen (secondary N) is 1. The van der Waals surface area contributed by atoms with Crippen molar-refractivity contribution in [3.63, 3.8) is 0 Å². The average Bonchev–Trinajstić information content (AvgIpc) is 2.37. The number of carbonyl (C=O) groups excluding carboxylic acids is 1. The van der Waals surface area contributed by atoms with Crippen molar-refractivity contribution in [2.75, 3.05) is 11.9 Å². The van der Waals surface area contributed by atoms with Crippen molar-refractivity contribution in [1.82, 2.24) is 0 Å². The number of aryl methyl sites for hydroxylation is 2. The number of fused-ring (bicyclic) bond motifs is 1. The molecule has 0 unspecified atom stereocenters. The van der Waals surface area contributed by atoms with E-state index in [1.54, 1.807) is 0 Å². The van der Waals surface area contributed by atoms with E-state index >= 15 is 0 Å². The molecule has 0 atom stereocenters. The molecule has 0 saturated carbocycles. The first-order valence-corrected chi connectivity index (χ1v) is 6.27. The Labute approximate surface area is 112 Å². The number of hydrogen-bond donors (Lipinski definition) is 1. The van der Waals surface area contributed by atoms with Crippen LogP contribution in [0, 0.1) is 13.8 Å². The zero-order chi connectivity index (χ0) is 13.4. The summed E-state index contributed by atoms with van der Waals surface area (Å²) in [5.74, 6) is 0.628. The lowest BCUT2D eigenvalue weighted by Gasteiger charge is -2.18. The smallest absolute Gasteiger partial charge is 0.262 e. The van der Waals surface area contributed by atoms with E-state index in [1.807, 2.05) is 18.2 Å². The summed E-state index contributed by atoms with van der Waals surface area (Å²) in [7, 11) is 0. The highest BCUT2D eigenvalue weighted by Gasteiger charge is 2.16. The standard InChI is InChI=1S/C16H15NO2/c1-10-5-11(2)7-13(6-10)12-3-4-14-15(8-12)19-9-16(18)17-14/h3-8H,9H2,1-2H3,(H,17,18). The number of hydrogen-bond acceptors (Lipinski definition) is 2. The summed E-state index contributed by atoms with van der Waals surface area (Å²) in [6.07, 6.45) is 0. The largest absolute Gasteiger partial charge is 0.482 e. The van der Waals surface area contributed by atoms with Gasteiger partial charge < -0.3 is 10.1 Å². The first-order valence-electron chi connectivity index (χ1n) is 6.27. The molecule has 2 aromatic rings. The van der Waals surface area contributed by atoms with E-state index in [0.29, 0.717) is 0 Å². The van der Waals surface area contributed by atoms with E-state index in [-0.39, 0.29) is 12.5 Å². The molecule has 0 fully saturated rings. The third-order valence-corrected chi connectivity index (χ3v) is 3.17. The van der Waals surface area contributed by atoms with Gasteiger partial charge in [-0.05, 0) is 37.1 Å². The molecule has 3 heteroatoms. The molecule has 0 spiro atoms. The summed E-state index contributed by atoms with van der Waals surface area (Å²) in [6.45, 7) is 4.26. The van der Waals surface area contributed by atoms with Gasteiger partial charge in [0.05, 0.1) is 5.69 Å². The topological polar surface area (TPSA) is 38.3 Å². The van der Waals surface area contributed by atoms with Gasteiger partial charge in [-0.1, -0.05) is 35.4 Å². The van der Waals surface area contributed by atoms with Gasteiger partial charge in [0.2, 0.25) is 0 Å². The van der Waals surface area contributed by atoms with Crippen LogP contribution >= 0.6 is 0 Å². The van der Waals surface area contributed by atoms with Crippen LogP contribution in [0.2, 0.25) is 0 Å². The first-order chi connectivity index (χ1) is 9.11. The van der Waals surface area contributed by atoms with Crippen LogP contribution in [-0.4, -0.2) is 12.5 Å². The Morgan fingerprint density at radius 1 is 1.00 bits per heavy atom. The molecule has 1 N–H and O–H groups in total. The molecule has 0 saturated heterocycles. The summed E-state index contributed by atoms with van der Waals surface area (Å²) in [5, 5.41) is 2.80. The Kier molecular flexibility index (Phi) is 2.75. The van der Waals surface area contributed by atoms with Crippen molar-refractivity contribution in [2.45, 2.75) is 13.8 Å². The van der Waals surface area contributed by atoms with E-state index in [2.05, 4.69) is 37.4 Å². The fraction of sp³-hybridized carbons (Fsp3) is 0.188. The molecule has 96 valence electrons. The number of rotatable bonds is 1. The molecular formula is C16H15NO2. The fourth-order valence-corrected chi connectivity index (χ4v) is 2.40. The van der Waals surface area contributed by atoms with Crippen molar-refractivity contribution in [1.29, 1.82) is 0 Å². The van der Waals surface area contributed by atoms with Crippen LogP contribution in [0.3, 0.4) is 0 Å². The monoisotopic (exact) mass is 253 g/mol. The second kappa shape index (κ2) is 4.43. The van der Waals surface area contributed by atoms with Crippen LogP contribution in [0.4, 0.5) is 5.69 Å². The molecule has 1 aliphatic rings. The number of benzene rings is 2. The zero-order valence-corrected chi connectivity index (χ0v) is 11.0. The van der Waals surface area contributed by atoms with Gasteiger partial charge in [-0.3, -0.25) is 4.79 Å². The summed E-state index contributed by atoms with van der Waals surface area (Å²) in [6, 6.07) is 12.3. The van der Waals surface area contributed by atoms with Crippen LogP contribution in [-0.2, 0) is 4.79 Å². The maximum absolute atomic E-state index is 11.2. The third-order valence-electron chi connectivity index (χ3n) is 3.17. The second-order valence-electron chi connectivity index (χ2n) is 4.92. The van der Waals surface area contributed by atoms with Gasteiger partial charge in [0.15, 0.2) is 6.61 Å². The van der Waals surface area contributed by atoms with E-state index in [0.717, 1.165) is 17.0 Å². The predicted octanol–water partition coefficient (Wildman–Crippen LogP) is 3.30. The third kappa shape index (κ3) is 2.32. The molecule has 1 heterocycles. The normalized spacial score (nSPS) is 13.5. The minimum absolute atomic E-state index is 0.0866. The minimum Gasteiger partial charge on any atom is -0.482 e. The minimum atomic E-state index is -0.105. The molecule has 2 aromatic carbocycles. The molecule has 3 rings (SSSR count). The van der Waals surface area contributed by atoms with E-state index in [1.165, 1.54) is 16.7 Å². The second-order valence-corrected chi connectivity index (χ2v) is 4.92. The van der Waals surface area contributed by atoms with Gasteiger partial charge >= 0.3 is 0 Å². The quantitative estimate of drug-likeness (QED) is 0.846. The molecule has 0 aliphatic carbocycles. The molecule has 19 heavy (non-hydrogen) atoms. The lowest BCUT2D eigenvalue weighted by molar-refractivity contribution is -0.118. The van der Waals surface area contributed by atoms with Gasteiger partial charge in [0.25, 0.3) is 5.91 Å². The Bertz CT molecular complexity index is 642. The maximum Gasteiger partial charge on any atom is 0.262 e. The summed E-state index contributed by atoms with van der Waals surface area (Å²) in [5.41, 5.74) is 5.48. The van der Waals surface area contributed by atoms with Gasteiger partial charge in [0.1, 0.15) is 5.75 Å². The van der Waals surface area contributed by atoms with Crippen LogP contribution in [0.5, 0.6) is 5.75 Å². The summed E-state index contributed by atoms with van der Waals surface area (Å²) >= 11 is 0. The molecule has 1 aliphatic heterocycles. The highest BCUT2D eigenvalue weighted by molar-refractivity contribution is 5.95. The van der Waals surface area contributed by atoms with E-state index < -0.39 is 0 Å². The molecule has 0 bridgehead atoms. The molecule has 0 radical (unpaired) electrons. The molecule has 3 nitrogen and oxygen atoms in total. The fourth-order valence-electron chi connectivity index (χ4n) is 2.40. The van der Waals surface area contributed by atoms with Gasteiger partial charge in [-0.2, -0.15) is 0 Å². The highest BCUT2D eigenvalue weighted by atomic mass is 16.5. The van der Waals surface area contributed by atoms with Crippen LogP contribution < -0.4 is 10.1 Å². The van der Waals surface area contributed by atoms with Crippen LogP contribution in [0.15, 0.2) is 36.4 Å². The van der Waals surface area contributed by atoms with Gasteiger partial charge in [-0.25, -0.2) is 0 Å². The predicted molar refractivity (Wildman–Crippen MR) is 75.5 cm³/mol. The van der Waals surface area contributed by atoms with Crippen molar-refractivity contribution in [2.24, 2.45) is 0 Å². The lowest BCUT2D eigenvalue weighted by Crippen LogP contribution is -2.25. The maximum atomic E-state index is 11.2. The van der Waals surface area contributed by atoms with Crippen LogP contribution in [0.1, 0.15) is 11.1 Å². The number of ether oxygens (including phenoxy) is 1. The van der Waals surface area contributed by atoms with Crippen molar-refractivity contribution in [3.05, 3.63) is 47.5 Å². The van der Waals surface area contributed by atoms with Gasteiger partial charge in [-0.15, -0.1) is 0 Å². The first kappa shape index (κ1) is 11.8.